The van der Waals surface area contributed by atoms with E-state index in [1.54, 1.807) is 6.08 Å². The van der Waals surface area contributed by atoms with Crippen molar-refractivity contribution in [3.63, 3.8) is 0 Å². The van der Waals surface area contributed by atoms with Crippen LogP contribution in [0.4, 0.5) is 0 Å². The molecule has 4 heteroatoms. The van der Waals surface area contributed by atoms with Crippen molar-refractivity contribution in [1.82, 2.24) is 0 Å². The van der Waals surface area contributed by atoms with Crippen LogP contribution < -0.4 is 0 Å². The van der Waals surface area contributed by atoms with Gasteiger partial charge in [0.15, 0.2) is 5.70 Å². The van der Waals surface area contributed by atoms with Crippen molar-refractivity contribution in [3.05, 3.63) is 74.5 Å². The molecule has 0 bridgehead atoms. The highest BCUT2D eigenvalue weighted by Gasteiger charge is 2.24. The lowest BCUT2D eigenvalue weighted by Crippen LogP contribution is -2.05. The number of ether oxygens (including phenoxy) is 1. The summed E-state index contributed by atoms with van der Waals surface area (Å²) in [6.45, 7) is 2.01. The largest absolute Gasteiger partial charge is 0.402 e. The van der Waals surface area contributed by atoms with E-state index in [-0.39, 0.29) is 0 Å². The third-order valence-electron chi connectivity index (χ3n) is 3.12. The Morgan fingerprint density at radius 2 is 1.81 bits per heavy atom. The second kappa shape index (κ2) is 5.81. The molecule has 0 radical (unpaired) electrons. The maximum Gasteiger partial charge on any atom is 0.363 e. The number of benzene rings is 2. The average Bonchev–Trinajstić information content (AvgIpc) is 2.83. The van der Waals surface area contributed by atoms with Gasteiger partial charge in [0.05, 0.1) is 0 Å². The first-order chi connectivity index (χ1) is 10.1. The lowest BCUT2D eigenvalue weighted by molar-refractivity contribution is -0.129. The van der Waals surface area contributed by atoms with E-state index in [4.69, 9.17) is 4.74 Å². The maximum absolute atomic E-state index is 11.9. The van der Waals surface area contributed by atoms with Crippen LogP contribution in [0.5, 0.6) is 0 Å². The molecule has 1 aliphatic heterocycles. The van der Waals surface area contributed by atoms with Crippen LogP contribution in [-0.4, -0.2) is 11.9 Å². The Morgan fingerprint density at radius 3 is 2.52 bits per heavy atom. The number of hydrogen-bond donors (Lipinski definition) is 0. The van der Waals surface area contributed by atoms with Gasteiger partial charge < -0.3 is 4.74 Å². The summed E-state index contributed by atoms with van der Waals surface area (Å²) in [4.78, 5) is 16.2. The van der Waals surface area contributed by atoms with E-state index in [1.807, 2.05) is 55.5 Å². The van der Waals surface area contributed by atoms with Crippen LogP contribution in [0.2, 0.25) is 0 Å². The van der Waals surface area contributed by atoms with Crippen molar-refractivity contribution in [1.29, 1.82) is 0 Å². The van der Waals surface area contributed by atoms with Crippen molar-refractivity contribution < 1.29 is 9.53 Å². The summed E-state index contributed by atoms with van der Waals surface area (Å²) in [6, 6.07) is 15.5. The molecule has 1 heterocycles. The fourth-order valence-electron chi connectivity index (χ4n) is 1.97. The van der Waals surface area contributed by atoms with Gasteiger partial charge in [-0.2, -0.15) is 0 Å². The minimum atomic E-state index is -0.412. The molecule has 3 nitrogen and oxygen atoms in total. The first kappa shape index (κ1) is 14.0. The normalized spacial score (nSPS) is 16.0. The molecule has 0 aliphatic carbocycles. The Bertz CT molecular complexity index is 761. The molecule has 0 atom stereocenters. The minimum Gasteiger partial charge on any atom is -0.402 e. The molecule has 3 rings (SSSR count). The minimum absolute atomic E-state index is 0.328. The van der Waals surface area contributed by atoms with Gasteiger partial charge in [0.1, 0.15) is 0 Å². The van der Waals surface area contributed by atoms with Crippen LogP contribution in [0.25, 0.3) is 6.08 Å². The zero-order valence-electron chi connectivity index (χ0n) is 11.3. The molecule has 0 N–H and O–H groups in total. The van der Waals surface area contributed by atoms with Gasteiger partial charge in [0, 0.05) is 9.13 Å². The summed E-state index contributed by atoms with van der Waals surface area (Å²) in [5, 5.41) is 0. The highest BCUT2D eigenvalue weighted by molar-refractivity contribution is 14.1. The molecular weight excluding hydrogens is 377 g/mol. The van der Waals surface area contributed by atoms with Gasteiger partial charge in [-0.3, -0.25) is 0 Å². The van der Waals surface area contributed by atoms with Crippen molar-refractivity contribution in [2.24, 2.45) is 4.99 Å². The molecule has 0 saturated carbocycles. The maximum atomic E-state index is 11.9. The molecule has 104 valence electrons. The lowest BCUT2D eigenvalue weighted by Gasteiger charge is -1.99. The number of carbonyl (C=O) groups is 1. The number of esters is 1. The molecule has 0 aromatic heterocycles. The van der Waals surface area contributed by atoms with Crippen LogP contribution in [0.1, 0.15) is 16.7 Å². The van der Waals surface area contributed by atoms with E-state index in [0.29, 0.717) is 11.6 Å². The smallest absolute Gasteiger partial charge is 0.363 e. The van der Waals surface area contributed by atoms with Gasteiger partial charge in [-0.15, -0.1) is 0 Å². The highest BCUT2D eigenvalue weighted by atomic mass is 127. The molecule has 2 aromatic carbocycles. The predicted molar refractivity (Wildman–Crippen MR) is 90.9 cm³/mol. The third-order valence-corrected chi connectivity index (χ3v) is 4.10. The molecule has 0 spiro atoms. The molecule has 2 aromatic rings. The molecule has 0 saturated heterocycles. The lowest BCUT2D eigenvalue weighted by atomic mass is 10.1. The van der Waals surface area contributed by atoms with Crippen LogP contribution in [0.3, 0.4) is 0 Å². The van der Waals surface area contributed by atoms with E-state index < -0.39 is 5.97 Å². The van der Waals surface area contributed by atoms with Gasteiger partial charge in [-0.05, 0) is 59.4 Å². The number of aliphatic imine (C=N–C) groups is 1. The summed E-state index contributed by atoms with van der Waals surface area (Å²) in [6.07, 6.45) is 1.76. The summed E-state index contributed by atoms with van der Waals surface area (Å²) >= 11 is 2.23. The summed E-state index contributed by atoms with van der Waals surface area (Å²) in [5.41, 5.74) is 3.24. The van der Waals surface area contributed by atoms with E-state index >= 15 is 0 Å². The zero-order chi connectivity index (χ0) is 14.8. The van der Waals surface area contributed by atoms with Gasteiger partial charge in [-0.1, -0.05) is 35.9 Å². The van der Waals surface area contributed by atoms with Gasteiger partial charge in [0.2, 0.25) is 5.90 Å². The van der Waals surface area contributed by atoms with Crippen molar-refractivity contribution in [2.45, 2.75) is 6.92 Å². The zero-order valence-corrected chi connectivity index (χ0v) is 13.5. The number of halogens is 1. The number of hydrogen-bond acceptors (Lipinski definition) is 3. The molecule has 0 amide bonds. The first-order valence-electron chi connectivity index (χ1n) is 6.47. The van der Waals surface area contributed by atoms with Gasteiger partial charge in [0.25, 0.3) is 0 Å². The molecule has 1 aliphatic rings. The van der Waals surface area contributed by atoms with Crippen LogP contribution in [0.15, 0.2) is 59.2 Å². The predicted octanol–water partition coefficient (Wildman–Crippen LogP) is 3.94. The Hall–Kier alpha value is -1.95. The van der Waals surface area contributed by atoms with E-state index in [9.17, 15) is 4.79 Å². The second-order valence-electron chi connectivity index (χ2n) is 4.72. The number of carbonyl (C=O) groups excluding carboxylic acids is 1. The SMILES string of the molecule is Cc1ccc(C2=N/C(=C\c3ccccc3I)C(=O)O2)cc1. The summed E-state index contributed by atoms with van der Waals surface area (Å²) in [5.74, 6) is -0.0533. The summed E-state index contributed by atoms with van der Waals surface area (Å²) in [7, 11) is 0. The Morgan fingerprint density at radius 1 is 1.10 bits per heavy atom. The van der Waals surface area contributed by atoms with Gasteiger partial charge in [-0.25, -0.2) is 9.79 Å². The van der Waals surface area contributed by atoms with Gasteiger partial charge >= 0.3 is 5.97 Å². The Labute approximate surface area is 136 Å². The van der Waals surface area contributed by atoms with Crippen LogP contribution >= 0.6 is 22.6 Å². The molecule has 0 unspecified atom stereocenters. The quantitative estimate of drug-likeness (QED) is 0.443. The van der Waals surface area contributed by atoms with E-state index in [0.717, 1.165) is 20.3 Å². The van der Waals surface area contributed by atoms with Crippen LogP contribution in [0, 0.1) is 10.5 Å². The van der Waals surface area contributed by atoms with E-state index in [2.05, 4.69) is 27.6 Å². The topological polar surface area (TPSA) is 38.7 Å². The second-order valence-corrected chi connectivity index (χ2v) is 5.89. The van der Waals surface area contributed by atoms with Crippen molar-refractivity contribution in [2.75, 3.05) is 0 Å². The number of nitrogens with zero attached hydrogens (tertiary/aromatic N) is 1. The number of aryl methyl sites for hydroxylation is 1. The summed E-state index contributed by atoms with van der Waals surface area (Å²) < 4.78 is 6.32. The fourth-order valence-corrected chi connectivity index (χ4v) is 2.51. The molecule has 21 heavy (non-hydrogen) atoms. The van der Waals surface area contributed by atoms with Crippen LogP contribution in [-0.2, 0) is 9.53 Å². The fraction of sp³-hybridized carbons (Fsp3) is 0.0588. The molecule has 0 fully saturated rings. The van der Waals surface area contributed by atoms with Crippen molar-refractivity contribution in [3.8, 4) is 0 Å². The Balaban J connectivity index is 1.96. The molecular formula is C17H12INO2. The highest BCUT2D eigenvalue weighted by Crippen LogP contribution is 2.21. The monoisotopic (exact) mass is 389 g/mol. The third kappa shape index (κ3) is 3.05. The van der Waals surface area contributed by atoms with E-state index in [1.165, 1.54) is 0 Å². The number of rotatable bonds is 2. The average molecular weight is 389 g/mol. The Kier molecular flexibility index (Phi) is 3.88. The van der Waals surface area contributed by atoms with Crippen molar-refractivity contribution >= 4 is 40.5 Å². The first-order valence-corrected chi connectivity index (χ1v) is 7.55. The number of cyclic esters (lactones) is 1. The standard InChI is InChI=1S/C17H12INO2/c1-11-6-8-12(9-7-11)16-19-15(17(20)21-16)10-13-4-2-3-5-14(13)18/h2-10H,1H3/b15-10-.